The van der Waals surface area contributed by atoms with Crippen molar-refractivity contribution in [3.8, 4) is 0 Å². The van der Waals surface area contributed by atoms with E-state index in [-0.39, 0.29) is 12.5 Å². The number of halogens is 3. The second-order valence-corrected chi connectivity index (χ2v) is 5.14. The Kier molecular flexibility index (Phi) is 4.54. The standard InChI is InChI=1S/C17H16F3NO/c1-11-4-3-5-12(2)15(11)16(22)21-10-13-6-8-14(9-7-13)17(18,19)20/h3-9H,10H2,1-2H3,(H,21,22). The van der Waals surface area contributed by atoms with Crippen LogP contribution in [0.4, 0.5) is 13.2 Å². The molecule has 0 saturated heterocycles. The van der Waals surface area contributed by atoms with Gasteiger partial charge in [-0.1, -0.05) is 30.3 Å². The predicted molar refractivity (Wildman–Crippen MR) is 78.5 cm³/mol. The summed E-state index contributed by atoms with van der Waals surface area (Å²) in [6.07, 6.45) is -4.35. The van der Waals surface area contributed by atoms with Crippen LogP contribution in [0.5, 0.6) is 0 Å². The van der Waals surface area contributed by atoms with Crippen molar-refractivity contribution in [3.05, 3.63) is 70.3 Å². The van der Waals surface area contributed by atoms with E-state index in [2.05, 4.69) is 5.32 Å². The Morgan fingerprint density at radius 2 is 1.55 bits per heavy atom. The fourth-order valence-electron chi connectivity index (χ4n) is 2.25. The average molecular weight is 307 g/mol. The summed E-state index contributed by atoms with van der Waals surface area (Å²) in [5.74, 6) is -0.226. The highest BCUT2D eigenvalue weighted by Gasteiger charge is 2.29. The van der Waals surface area contributed by atoms with E-state index in [1.807, 2.05) is 32.0 Å². The summed E-state index contributed by atoms with van der Waals surface area (Å²) in [4.78, 5) is 12.2. The molecule has 0 spiro atoms. The number of hydrogen-bond donors (Lipinski definition) is 1. The minimum absolute atomic E-state index is 0.185. The first-order chi connectivity index (χ1) is 10.3. The molecule has 5 heteroatoms. The molecule has 22 heavy (non-hydrogen) atoms. The van der Waals surface area contributed by atoms with Gasteiger partial charge < -0.3 is 5.32 Å². The van der Waals surface area contributed by atoms with E-state index in [1.54, 1.807) is 0 Å². The van der Waals surface area contributed by atoms with Gasteiger partial charge in [-0.3, -0.25) is 4.79 Å². The van der Waals surface area contributed by atoms with Crippen LogP contribution >= 0.6 is 0 Å². The number of carbonyl (C=O) groups excluding carboxylic acids is 1. The molecule has 0 aliphatic heterocycles. The third-order valence-corrected chi connectivity index (χ3v) is 3.44. The van der Waals surface area contributed by atoms with Gasteiger partial charge in [0.2, 0.25) is 0 Å². The topological polar surface area (TPSA) is 29.1 Å². The lowest BCUT2D eigenvalue weighted by Crippen LogP contribution is -2.24. The Labute approximate surface area is 127 Å². The van der Waals surface area contributed by atoms with Crippen LogP contribution in [0.15, 0.2) is 42.5 Å². The second kappa shape index (κ2) is 6.22. The number of amides is 1. The third-order valence-electron chi connectivity index (χ3n) is 3.44. The zero-order valence-electron chi connectivity index (χ0n) is 12.3. The number of carbonyl (C=O) groups is 1. The van der Waals surface area contributed by atoms with Crippen LogP contribution in [0.1, 0.15) is 32.6 Å². The Balaban J connectivity index is 2.06. The van der Waals surface area contributed by atoms with Gasteiger partial charge >= 0.3 is 6.18 Å². The van der Waals surface area contributed by atoms with Crippen LogP contribution in [0.2, 0.25) is 0 Å². The molecule has 1 N–H and O–H groups in total. The van der Waals surface area contributed by atoms with Crippen molar-refractivity contribution >= 4 is 5.91 Å². The van der Waals surface area contributed by atoms with Crippen LogP contribution < -0.4 is 5.32 Å². The lowest BCUT2D eigenvalue weighted by Gasteiger charge is -2.11. The molecule has 0 saturated carbocycles. The van der Waals surface area contributed by atoms with Crippen molar-refractivity contribution in [1.29, 1.82) is 0 Å². The minimum Gasteiger partial charge on any atom is -0.348 e. The highest BCUT2D eigenvalue weighted by atomic mass is 19.4. The molecule has 0 aliphatic carbocycles. The van der Waals surface area contributed by atoms with Crippen LogP contribution in [0, 0.1) is 13.8 Å². The summed E-state index contributed by atoms with van der Waals surface area (Å²) in [5, 5.41) is 2.73. The first-order valence-electron chi connectivity index (χ1n) is 6.79. The van der Waals surface area contributed by atoms with Crippen molar-refractivity contribution in [1.82, 2.24) is 5.32 Å². The first kappa shape index (κ1) is 16.1. The van der Waals surface area contributed by atoms with Crippen molar-refractivity contribution < 1.29 is 18.0 Å². The van der Waals surface area contributed by atoms with E-state index in [4.69, 9.17) is 0 Å². The lowest BCUT2D eigenvalue weighted by molar-refractivity contribution is -0.137. The van der Waals surface area contributed by atoms with Gasteiger partial charge in [-0.2, -0.15) is 13.2 Å². The number of aryl methyl sites for hydroxylation is 2. The SMILES string of the molecule is Cc1cccc(C)c1C(=O)NCc1ccc(C(F)(F)F)cc1. The molecule has 0 bridgehead atoms. The van der Waals surface area contributed by atoms with Gasteiger partial charge in [-0.25, -0.2) is 0 Å². The summed E-state index contributed by atoms with van der Waals surface area (Å²) in [6.45, 7) is 3.88. The fraction of sp³-hybridized carbons (Fsp3) is 0.235. The maximum Gasteiger partial charge on any atom is 0.416 e. The zero-order valence-corrected chi connectivity index (χ0v) is 12.3. The number of hydrogen-bond acceptors (Lipinski definition) is 1. The molecular weight excluding hydrogens is 291 g/mol. The predicted octanol–water partition coefficient (Wildman–Crippen LogP) is 4.25. The molecule has 0 fully saturated rings. The van der Waals surface area contributed by atoms with Crippen LogP contribution in [-0.2, 0) is 12.7 Å². The molecule has 0 aromatic heterocycles. The van der Waals surface area contributed by atoms with E-state index >= 15 is 0 Å². The summed E-state index contributed by atoms with van der Waals surface area (Å²) >= 11 is 0. The molecule has 2 aromatic rings. The second-order valence-electron chi connectivity index (χ2n) is 5.14. The summed E-state index contributed by atoms with van der Waals surface area (Å²) in [6, 6.07) is 10.3. The Bertz CT molecular complexity index is 655. The number of alkyl halides is 3. The maximum absolute atomic E-state index is 12.5. The Morgan fingerprint density at radius 1 is 1.00 bits per heavy atom. The van der Waals surface area contributed by atoms with E-state index in [0.29, 0.717) is 11.1 Å². The van der Waals surface area contributed by atoms with Crippen molar-refractivity contribution in [2.24, 2.45) is 0 Å². The van der Waals surface area contributed by atoms with Gasteiger partial charge in [0.25, 0.3) is 5.91 Å². The monoisotopic (exact) mass is 307 g/mol. The van der Waals surface area contributed by atoms with Crippen LogP contribution in [0.25, 0.3) is 0 Å². The maximum atomic E-state index is 12.5. The van der Waals surface area contributed by atoms with Gasteiger partial charge in [-0.05, 0) is 42.7 Å². The van der Waals surface area contributed by atoms with E-state index in [0.717, 1.165) is 23.3 Å². The van der Waals surface area contributed by atoms with Crippen molar-refractivity contribution in [3.63, 3.8) is 0 Å². The average Bonchev–Trinajstić information content (AvgIpc) is 2.44. The Morgan fingerprint density at radius 3 is 2.05 bits per heavy atom. The third kappa shape index (κ3) is 3.67. The molecular formula is C17H16F3NO. The molecule has 0 unspecified atom stereocenters. The van der Waals surface area contributed by atoms with Crippen LogP contribution in [-0.4, -0.2) is 5.91 Å². The van der Waals surface area contributed by atoms with Crippen molar-refractivity contribution in [2.75, 3.05) is 0 Å². The summed E-state index contributed by atoms with van der Waals surface area (Å²) in [5.41, 5.74) is 2.26. The fourth-order valence-corrected chi connectivity index (χ4v) is 2.25. The highest BCUT2D eigenvalue weighted by molar-refractivity contribution is 5.96. The smallest absolute Gasteiger partial charge is 0.348 e. The van der Waals surface area contributed by atoms with Gasteiger partial charge in [-0.15, -0.1) is 0 Å². The molecule has 1 amide bonds. The van der Waals surface area contributed by atoms with Gasteiger partial charge in [0.15, 0.2) is 0 Å². The summed E-state index contributed by atoms with van der Waals surface area (Å²) < 4.78 is 37.4. The molecule has 2 nitrogen and oxygen atoms in total. The molecule has 0 atom stereocenters. The highest BCUT2D eigenvalue weighted by Crippen LogP contribution is 2.29. The van der Waals surface area contributed by atoms with Gasteiger partial charge in [0.05, 0.1) is 5.56 Å². The number of nitrogens with one attached hydrogen (secondary N) is 1. The molecule has 2 rings (SSSR count). The number of rotatable bonds is 3. The normalized spacial score (nSPS) is 11.3. The lowest BCUT2D eigenvalue weighted by atomic mass is 10.0. The van der Waals surface area contributed by atoms with Gasteiger partial charge in [0.1, 0.15) is 0 Å². The Hall–Kier alpha value is -2.30. The largest absolute Gasteiger partial charge is 0.416 e. The molecule has 0 aliphatic rings. The zero-order chi connectivity index (χ0) is 16.3. The van der Waals surface area contributed by atoms with Crippen LogP contribution in [0.3, 0.4) is 0 Å². The van der Waals surface area contributed by atoms with E-state index < -0.39 is 11.7 Å². The number of benzene rings is 2. The molecule has 2 aromatic carbocycles. The molecule has 116 valence electrons. The van der Waals surface area contributed by atoms with Gasteiger partial charge in [0, 0.05) is 12.1 Å². The summed E-state index contributed by atoms with van der Waals surface area (Å²) in [7, 11) is 0. The van der Waals surface area contributed by atoms with E-state index in [1.165, 1.54) is 12.1 Å². The minimum atomic E-state index is -4.35. The quantitative estimate of drug-likeness (QED) is 0.902. The first-order valence-corrected chi connectivity index (χ1v) is 6.79. The van der Waals surface area contributed by atoms with Crippen molar-refractivity contribution in [2.45, 2.75) is 26.6 Å². The molecule has 0 heterocycles. The van der Waals surface area contributed by atoms with E-state index in [9.17, 15) is 18.0 Å². The molecule has 0 radical (unpaired) electrons.